The predicted molar refractivity (Wildman–Crippen MR) is 108 cm³/mol. The van der Waals surface area contributed by atoms with Crippen molar-refractivity contribution in [3.05, 3.63) is 53.1 Å². The molecule has 1 fully saturated rings. The molecule has 0 unspecified atom stereocenters. The van der Waals surface area contributed by atoms with Crippen molar-refractivity contribution in [3.63, 3.8) is 0 Å². The van der Waals surface area contributed by atoms with Crippen molar-refractivity contribution in [3.8, 4) is 16.9 Å². The molecule has 1 amide bonds. The van der Waals surface area contributed by atoms with Crippen molar-refractivity contribution in [1.29, 1.82) is 0 Å². The second kappa shape index (κ2) is 8.25. The van der Waals surface area contributed by atoms with Crippen molar-refractivity contribution in [2.45, 2.75) is 38.4 Å². The Balaban J connectivity index is 1.56. The standard InChI is InChI=1S/C23H25NO5/c1-14-10-15-12-16(13-24-22(25)20-8-5-9-28-20)29-21(15)19(11-14)17-6-3-4-7-18(17)23(26)27-2/h3-4,6-7,10-11,16,20H,5,8-9,12-13H2,1-2H3,(H,24,25)/t16-,20-/m0/s1. The van der Waals surface area contributed by atoms with Gasteiger partial charge in [-0.1, -0.05) is 24.3 Å². The van der Waals surface area contributed by atoms with E-state index in [1.807, 2.05) is 31.2 Å². The van der Waals surface area contributed by atoms with Crippen LogP contribution in [0.5, 0.6) is 5.75 Å². The van der Waals surface area contributed by atoms with Crippen LogP contribution in [0.4, 0.5) is 0 Å². The Morgan fingerprint density at radius 1 is 1.21 bits per heavy atom. The number of benzene rings is 2. The van der Waals surface area contributed by atoms with Gasteiger partial charge in [0.05, 0.1) is 19.2 Å². The molecule has 2 atom stereocenters. The lowest BCUT2D eigenvalue weighted by molar-refractivity contribution is -0.130. The summed E-state index contributed by atoms with van der Waals surface area (Å²) in [6.45, 7) is 3.09. The van der Waals surface area contributed by atoms with E-state index in [-0.39, 0.29) is 24.1 Å². The van der Waals surface area contributed by atoms with E-state index in [9.17, 15) is 9.59 Å². The summed E-state index contributed by atoms with van der Waals surface area (Å²) < 4.78 is 16.6. The van der Waals surface area contributed by atoms with Crippen LogP contribution in [-0.2, 0) is 20.7 Å². The number of amides is 1. The van der Waals surface area contributed by atoms with E-state index in [1.165, 1.54) is 7.11 Å². The van der Waals surface area contributed by atoms with Crippen LogP contribution >= 0.6 is 0 Å². The average molecular weight is 395 g/mol. The van der Waals surface area contributed by atoms with E-state index in [2.05, 4.69) is 11.4 Å². The molecule has 0 radical (unpaired) electrons. The molecule has 2 aliphatic rings. The quantitative estimate of drug-likeness (QED) is 0.788. The van der Waals surface area contributed by atoms with Gasteiger partial charge in [0.25, 0.3) is 0 Å². The minimum atomic E-state index is -0.380. The SMILES string of the molecule is COC(=O)c1ccccc1-c1cc(C)cc2c1O[C@H](CNC(=O)[C@@H]1CCCO1)C2. The number of aryl methyl sites for hydroxylation is 1. The summed E-state index contributed by atoms with van der Waals surface area (Å²) in [7, 11) is 1.38. The van der Waals surface area contributed by atoms with E-state index in [0.717, 1.165) is 40.8 Å². The number of fused-ring (bicyclic) bond motifs is 1. The molecule has 2 heterocycles. The molecule has 0 spiro atoms. The Bertz CT molecular complexity index is 933. The summed E-state index contributed by atoms with van der Waals surface area (Å²) in [5.41, 5.74) is 4.32. The van der Waals surface area contributed by atoms with Crippen molar-refractivity contribution >= 4 is 11.9 Å². The molecule has 1 saturated heterocycles. The largest absolute Gasteiger partial charge is 0.487 e. The van der Waals surface area contributed by atoms with Crippen LogP contribution < -0.4 is 10.1 Å². The molecule has 0 aromatic heterocycles. The van der Waals surface area contributed by atoms with Crippen LogP contribution in [0.25, 0.3) is 11.1 Å². The maximum atomic E-state index is 12.2. The Morgan fingerprint density at radius 2 is 2.03 bits per heavy atom. The number of carbonyl (C=O) groups excluding carboxylic acids is 2. The van der Waals surface area contributed by atoms with E-state index in [1.54, 1.807) is 6.07 Å². The summed E-state index contributed by atoms with van der Waals surface area (Å²) >= 11 is 0. The van der Waals surface area contributed by atoms with Gasteiger partial charge in [0, 0.05) is 18.6 Å². The zero-order valence-corrected chi connectivity index (χ0v) is 16.7. The molecule has 0 saturated carbocycles. The predicted octanol–water partition coefficient (Wildman–Crippen LogP) is 3.05. The maximum absolute atomic E-state index is 12.2. The number of nitrogens with one attached hydrogen (secondary N) is 1. The molecule has 6 heteroatoms. The lowest BCUT2D eigenvalue weighted by atomic mass is 9.94. The van der Waals surface area contributed by atoms with Gasteiger partial charge < -0.3 is 19.5 Å². The van der Waals surface area contributed by atoms with E-state index < -0.39 is 0 Å². The smallest absolute Gasteiger partial charge is 0.338 e. The fourth-order valence-corrected chi connectivity index (χ4v) is 4.03. The van der Waals surface area contributed by atoms with Gasteiger partial charge >= 0.3 is 5.97 Å². The van der Waals surface area contributed by atoms with Crippen LogP contribution in [0.15, 0.2) is 36.4 Å². The summed E-state index contributed by atoms with van der Waals surface area (Å²) in [5, 5.41) is 2.95. The van der Waals surface area contributed by atoms with Crippen molar-refractivity contribution in [2.75, 3.05) is 20.3 Å². The molecule has 0 aliphatic carbocycles. The molecule has 29 heavy (non-hydrogen) atoms. The highest BCUT2D eigenvalue weighted by Gasteiger charge is 2.30. The van der Waals surface area contributed by atoms with Crippen molar-refractivity contribution in [2.24, 2.45) is 0 Å². The number of hydrogen-bond acceptors (Lipinski definition) is 5. The number of carbonyl (C=O) groups is 2. The Hall–Kier alpha value is -2.86. The molecular formula is C23H25NO5. The molecular weight excluding hydrogens is 370 g/mol. The van der Waals surface area contributed by atoms with Gasteiger partial charge in [-0.25, -0.2) is 4.79 Å². The fourth-order valence-electron chi connectivity index (χ4n) is 4.03. The lowest BCUT2D eigenvalue weighted by Gasteiger charge is -2.16. The Morgan fingerprint density at radius 3 is 2.79 bits per heavy atom. The highest BCUT2D eigenvalue weighted by molar-refractivity contribution is 5.98. The first-order valence-electron chi connectivity index (χ1n) is 9.94. The van der Waals surface area contributed by atoms with Crippen LogP contribution in [0.3, 0.4) is 0 Å². The third-order valence-corrected chi connectivity index (χ3v) is 5.39. The number of rotatable bonds is 5. The highest BCUT2D eigenvalue weighted by Crippen LogP contribution is 2.41. The molecule has 2 aromatic rings. The molecule has 2 aliphatic heterocycles. The molecule has 2 aromatic carbocycles. The van der Waals surface area contributed by atoms with E-state index in [4.69, 9.17) is 14.2 Å². The van der Waals surface area contributed by atoms with Gasteiger partial charge in [-0.3, -0.25) is 4.79 Å². The molecule has 1 N–H and O–H groups in total. The Labute approximate surface area is 170 Å². The van der Waals surface area contributed by atoms with Gasteiger partial charge in [-0.15, -0.1) is 0 Å². The molecule has 0 bridgehead atoms. The lowest BCUT2D eigenvalue weighted by Crippen LogP contribution is -2.40. The average Bonchev–Trinajstić information content (AvgIpc) is 3.40. The van der Waals surface area contributed by atoms with Gasteiger partial charge in [-0.05, 0) is 48.6 Å². The van der Waals surface area contributed by atoms with Crippen LogP contribution in [0.1, 0.15) is 34.3 Å². The zero-order valence-electron chi connectivity index (χ0n) is 16.7. The number of methoxy groups -OCH3 is 1. The normalized spacial score (nSPS) is 20.1. The molecule has 152 valence electrons. The van der Waals surface area contributed by atoms with Crippen LogP contribution in [0.2, 0.25) is 0 Å². The second-order valence-corrected chi connectivity index (χ2v) is 7.53. The first-order valence-corrected chi connectivity index (χ1v) is 9.94. The fraction of sp³-hybridized carbons (Fsp3) is 0.391. The first kappa shape index (κ1) is 19.5. The minimum absolute atomic E-state index is 0.0745. The van der Waals surface area contributed by atoms with E-state index in [0.29, 0.717) is 25.1 Å². The third kappa shape index (κ3) is 3.98. The minimum Gasteiger partial charge on any atom is -0.487 e. The second-order valence-electron chi connectivity index (χ2n) is 7.53. The van der Waals surface area contributed by atoms with Crippen LogP contribution in [0, 0.1) is 6.92 Å². The third-order valence-electron chi connectivity index (χ3n) is 5.39. The van der Waals surface area contributed by atoms with Gasteiger partial charge in [0.2, 0.25) is 5.91 Å². The zero-order chi connectivity index (χ0) is 20.4. The molecule has 4 rings (SSSR count). The number of esters is 1. The summed E-state index contributed by atoms with van der Waals surface area (Å²) in [5.74, 6) is 0.312. The van der Waals surface area contributed by atoms with Crippen LogP contribution in [-0.4, -0.2) is 44.3 Å². The number of hydrogen-bond donors (Lipinski definition) is 1. The molecule has 6 nitrogen and oxygen atoms in total. The van der Waals surface area contributed by atoms with Gasteiger partial charge in [0.15, 0.2) is 0 Å². The topological polar surface area (TPSA) is 73.9 Å². The number of ether oxygens (including phenoxy) is 3. The van der Waals surface area contributed by atoms with Gasteiger partial charge in [0.1, 0.15) is 18.0 Å². The van der Waals surface area contributed by atoms with E-state index >= 15 is 0 Å². The van der Waals surface area contributed by atoms with Crippen molar-refractivity contribution < 1.29 is 23.8 Å². The monoisotopic (exact) mass is 395 g/mol. The first-order chi connectivity index (χ1) is 14.1. The summed E-state index contributed by atoms with van der Waals surface area (Å²) in [6.07, 6.45) is 1.90. The summed E-state index contributed by atoms with van der Waals surface area (Å²) in [4.78, 5) is 24.5. The summed E-state index contributed by atoms with van der Waals surface area (Å²) in [6, 6.07) is 11.5. The van der Waals surface area contributed by atoms with Gasteiger partial charge in [-0.2, -0.15) is 0 Å². The maximum Gasteiger partial charge on any atom is 0.338 e. The Kier molecular flexibility index (Phi) is 5.53. The highest BCUT2D eigenvalue weighted by atomic mass is 16.5. The van der Waals surface area contributed by atoms with Crippen molar-refractivity contribution in [1.82, 2.24) is 5.32 Å².